The summed E-state index contributed by atoms with van der Waals surface area (Å²) >= 11 is 2.42. The second kappa shape index (κ2) is 13.0. The summed E-state index contributed by atoms with van der Waals surface area (Å²) in [6, 6.07) is 5.68. The van der Waals surface area contributed by atoms with E-state index in [1.807, 2.05) is 46.8 Å². The van der Waals surface area contributed by atoms with Gasteiger partial charge in [0.1, 0.15) is 29.2 Å². The van der Waals surface area contributed by atoms with Crippen LogP contribution in [0.2, 0.25) is 0 Å². The summed E-state index contributed by atoms with van der Waals surface area (Å²) in [6.07, 6.45) is 2.28. The Morgan fingerprint density at radius 1 is 0.800 bits per heavy atom. The molecule has 1 aromatic rings. The van der Waals surface area contributed by atoms with Crippen LogP contribution in [-0.4, -0.2) is 11.9 Å². The van der Waals surface area contributed by atoms with Crippen LogP contribution >= 0.6 is 23.5 Å². The first-order chi connectivity index (χ1) is 18.2. The standard InChI is InChI=1S/C32H44N2O4S2/c1-19(15-30(3,4)5)12-24(35)37-23-14-22(32(9,10)11)26(38-25(36)13-20(2)16-31(6,7)8)28-27(23)39-29(40-28)21(17-33)18-34/h14,19-20H,12-13,15-16H2,1-11H3. The van der Waals surface area contributed by atoms with Crippen molar-refractivity contribution in [3.63, 3.8) is 0 Å². The summed E-state index contributed by atoms with van der Waals surface area (Å²) < 4.78 is 12.5. The first-order valence-corrected chi connectivity index (χ1v) is 15.4. The number of benzene rings is 1. The van der Waals surface area contributed by atoms with Crippen LogP contribution in [0, 0.1) is 45.3 Å². The van der Waals surface area contributed by atoms with Gasteiger partial charge in [0.05, 0.1) is 14.0 Å². The summed E-state index contributed by atoms with van der Waals surface area (Å²) in [5.41, 5.74) is 0.417. The third-order valence-corrected chi connectivity index (χ3v) is 8.78. The molecule has 0 radical (unpaired) electrons. The fourth-order valence-electron chi connectivity index (χ4n) is 5.07. The van der Waals surface area contributed by atoms with Crippen molar-refractivity contribution in [3.05, 3.63) is 21.4 Å². The molecule has 1 aliphatic heterocycles. The Kier molecular flexibility index (Phi) is 11.0. The topological polar surface area (TPSA) is 100 Å². The van der Waals surface area contributed by atoms with Crippen molar-refractivity contribution >= 4 is 35.5 Å². The largest absolute Gasteiger partial charge is 0.425 e. The van der Waals surface area contributed by atoms with Gasteiger partial charge in [-0.05, 0) is 47.0 Å². The van der Waals surface area contributed by atoms with E-state index >= 15 is 0 Å². The van der Waals surface area contributed by atoms with Crippen LogP contribution in [0.5, 0.6) is 11.5 Å². The highest BCUT2D eigenvalue weighted by Crippen LogP contribution is 2.61. The third kappa shape index (κ3) is 9.89. The molecular weight excluding hydrogens is 540 g/mol. The van der Waals surface area contributed by atoms with Gasteiger partial charge >= 0.3 is 11.9 Å². The number of carbonyl (C=O) groups is 2. The molecule has 2 atom stereocenters. The van der Waals surface area contributed by atoms with E-state index in [1.54, 1.807) is 6.07 Å². The molecular formula is C32H44N2O4S2. The predicted octanol–water partition coefficient (Wildman–Crippen LogP) is 9.18. The number of nitriles is 2. The van der Waals surface area contributed by atoms with E-state index in [0.29, 0.717) is 25.5 Å². The summed E-state index contributed by atoms with van der Waals surface area (Å²) in [6.45, 7) is 23.0. The number of allylic oxidation sites excluding steroid dienone is 1. The number of hydrogen-bond acceptors (Lipinski definition) is 8. The molecule has 0 amide bonds. The molecule has 0 aliphatic carbocycles. The first kappa shape index (κ1) is 33.8. The zero-order valence-electron chi connectivity index (χ0n) is 25.9. The maximum absolute atomic E-state index is 13.2. The molecule has 2 unspecified atom stereocenters. The molecule has 0 saturated heterocycles. The van der Waals surface area contributed by atoms with Crippen LogP contribution in [0.4, 0.5) is 0 Å². The van der Waals surface area contributed by atoms with Gasteiger partial charge in [-0.25, -0.2) is 0 Å². The number of carbonyl (C=O) groups excluding carboxylic acids is 2. The van der Waals surface area contributed by atoms with Gasteiger partial charge in [0.15, 0.2) is 0 Å². The Morgan fingerprint density at radius 3 is 1.68 bits per heavy atom. The number of esters is 2. The van der Waals surface area contributed by atoms with Gasteiger partial charge in [-0.2, -0.15) is 10.5 Å². The van der Waals surface area contributed by atoms with Gasteiger partial charge < -0.3 is 9.47 Å². The number of ether oxygens (including phenoxy) is 2. The Hall–Kier alpha value is -2.42. The van der Waals surface area contributed by atoms with E-state index in [0.717, 1.165) is 18.4 Å². The second-order valence-corrected chi connectivity index (χ2v) is 16.6. The average Bonchev–Trinajstić information content (AvgIpc) is 3.18. The van der Waals surface area contributed by atoms with Crippen LogP contribution in [0.15, 0.2) is 25.7 Å². The lowest BCUT2D eigenvalue weighted by Gasteiger charge is -2.26. The SMILES string of the molecule is CC(CC(=O)Oc1cc(C(C)(C)C)c(OC(=O)CC(C)CC(C)(C)C)c2c1SC(=C(C#N)C#N)S2)CC(C)(C)C. The van der Waals surface area contributed by atoms with E-state index < -0.39 is 5.41 Å². The molecule has 218 valence electrons. The Bertz CT molecular complexity index is 1230. The molecule has 1 aliphatic rings. The molecule has 0 aromatic heterocycles. The summed E-state index contributed by atoms with van der Waals surface area (Å²) in [5, 5.41) is 19.1. The first-order valence-electron chi connectivity index (χ1n) is 13.8. The smallest absolute Gasteiger partial charge is 0.311 e. The molecule has 2 rings (SSSR count). The van der Waals surface area contributed by atoms with Crippen molar-refractivity contribution in [2.75, 3.05) is 0 Å². The van der Waals surface area contributed by atoms with E-state index in [4.69, 9.17) is 9.47 Å². The molecule has 8 heteroatoms. The third-order valence-electron chi connectivity index (χ3n) is 6.17. The van der Waals surface area contributed by atoms with E-state index in [-0.39, 0.29) is 53.0 Å². The fraction of sp³-hybridized carbons (Fsp3) is 0.625. The molecule has 6 nitrogen and oxygen atoms in total. The Morgan fingerprint density at radius 2 is 1.25 bits per heavy atom. The Labute approximate surface area is 249 Å². The van der Waals surface area contributed by atoms with Crippen molar-refractivity contribution in [2.24, 2.45) is 22.7 Å². The van der Waals surface area contributed by atoms with Crippen molar-refractivity contribution in [3.8, 4) is 23.6 Å². The van der Waals surface area contributed by atoms with Gasteiger partial charge in [0.25, 0.3) is 0 Å². The number of hydrogen-bond donors (Lipinski definition) is 0. The zero-order chi connectivity index (χ0) is 30.6. The van der Waals surface area contributed by atoms with Crippen molar-refractivity contribution in [2.45, 2.75) is 117 Å². The van der Waals surface area contributed by atoms with Gasteiger partial charge in [-0.3, -0.25) is 9.59 Å². The monoisotopic (exact) mass is 584 g/mol. The number of fused-ring (bicyclic) bond motifs is 1. The molecule has 0 N–H and O–H groups in total. The predicted molar refractivity (Wildman–Crippen MR) is 162 cm³/mol. The highest BCUT2D eigenvalue weighted by atomic mass is 32.2. The summed E-state index contributed by atoms with van der Waals surface area (Å²) in [5.74, 6) is 0.349. The van der Waals surface area contributed by atoms with Gasteiger partial charge in [0, 0.05) is 18.4 Å². The minimum Gasteiger partial charge on any atom is -0.425 e. The van der Waals surface area contributed by atoms with E-state index in [9.17, 15) is 20.1 Å². The normalized spacial score (nSPS) is 15.0. The maximum Gasteiger partial charge on any atom is 0.311 e. The van der Waals surface area contributed by atoms with Crippen molar-refractivity contribution < 1.29 is 19.1 Å². The van der Waals surface area contributed by atoms with E-state index in [1.165, 1.54) is 23.5 Å². The minimum absolute atomic E-state index is 0.0318. The summed E-state index contributed by atoms with van der Waals surface area (Å²) in [4.78, 5) is 27.4. The van der Waals surface area contributed by atoms with Crippen LogP contribution in [-0.2, 0) is 15.0 Å². The average molecular weight is 585 g/mol. The highest BCUT2D eigenvalue weighted by molar-refractivity contribution is 8.24. The lowest BCUT2D eigenvalue weighted by atomic mass is 9.84. The van der Waals surface area contributed by atoms with Gasteiger partial charge in [0.2, 0.25) is 0 Å². The minimum atomic E-state index is -0.451. The molecule has 0 saturated carbocycles. The summed E-state index contributed by atoms with van der Waals surface area (Å²) in [7, 11) is 0. The zero-order valence-corrected chi connectivity index (χ0v) is 27.5. The lowest BCUT2D eigenvalue weighted by molar-refractivity contribution is -0.137. The highest BCUT2D eigenvalue weighted by Gasteiger charge is 2.35. The van der Waals surface area contributed by atoms with Crippen LogP contribution in [0.3, 0.4) is 0 Å². The molecule has 1 heterocycles. The van der Waals surface area contributed by atoms with Crippen molar-refractivity contribution in [1.82, 2.24) is 0 Å². The quantitative estimate of drug-likeness (QED) is 0.169. The molecule has 0 bridgehead atoms. The van der Waals surface area contributed by atoms with Gasteiger partial charge in [-0.15, -0.1) is 0 Å². The maximum atomic E-state index is 13.2. The van der Waals surface area contributed by atoms with E-state index in [2.05, 4.69) is 41.5 Å². The van der Waals surface area contributed by atoms with Crippen LogP contribution in [0.25, 0.3) is 0 Å². The van der Waals surface area contributed by atoms with Crippen LogP contribution < -0.4 is 9.47 Å². The number of rotatable bonds is 8. The molecule has 0 fully saturated rings. The van der Waals surface area contributed by atoms with Gasteiger partial charge in [-0.1, -0.05) is 99.7 Å². The van der Waals surface area contributed by atoms with Crippen LogP contribution in [0.1, 0.15) is 107 Å². The lowest BCUT2D eigenvalue weighted by Crippen LogP contribution is -2.21. The Balaban J connectivity index is 2.55. The number of nitrogens with zero attached hydrogens (tertiary/aromatic N) is 2. The van der Waals surface area contributed by atoms with Crippen molar-refractivity contribution in [1.29, 1.82) is 10.5 Å². The fourth-order valence-corrected chi connectivity index (χ4v) is 7.57. The second-order valence-electron chi connectivity index (χ2n) is 14.3. The molecule has 40 heavy (non-hydrogen) atoms. The molecule has 0 spiro atoms. The number of thioether (sulfide) groups is 2. The molecule has 1 aromatic carbocycles.